The highest BCUT2D eigenvalue weighted by molar-refractivity contribution is 7.89. The quantitative estimate of drug-likeness (QED) is 0.692. The summed E-state index contributed by atoms with van der Waals surface area (Å²) in [6.07, 6.45) is 1.63. The van der Waals surface area contributed by atoms with Crippen molar-refractivity contribution >= 4 is 21.9 Å². The zero-order valence-electron chi connectivity index (χ0n) is 7.27. The highest BCUT2D eigenvalue weighted by atomic mass is 32.2. The van der Waals surface area contributed by atoms with Crippen molar-refractivity contribution in [3.63, 3.8) is 0 Å². The average molecular weight is 211 g/mol. The second-order valence-electron chi connectivity index (χ2n) is 2.91. The van der Waals surface area contributed by atoms with E-state index in [0.717, 1.165) is 5.56 Å². The summed E-state index contributed by atoms with van der Waals surface area (Å²) < 4.78 is 22.4. The van der Waals surface area contributed by atoms with Gasteiger partial charge in [0.25, 0.3) is 0 Å². The van der Waals surface area contributed by atoms with Crippen LogP contribution in [0, 0.1) is 0 Å². The molecular formula is C8H9N3O2S. The molecule has 0 aliphatic carbocycles. The lowest BCUT2D eigenvalue weighted by molar-refractivity contribution is 0.598. The van der Waals surface area contributed by atoms with E-state index in [1.54, 1.807) is 18.3 Å². The van der Waals surface area contributed by atoms with Crippen molar-refractivity contribution in [2.75, 3.05) is 12.0 Å². The van der Waals surface area contributed by atoms with Gasteiger partial charge in [-0.05, 0) is 6.07 Å². The first-order valence-corrected chi connectivity index (χ1v) is 5.53. The third-order valence-electron chi connectivity index (χ3n) is 1.94. The molecule has 3 N–H and O–H groups in total. The van der Waals surface area contributed by atoms with Gasteiger partial charge < -0.3 is 5.32 Å². The number of sulfonamides is 1. The van der Waals surface area contributed by atoms with Gasteiger partial charge in [0.15, 0.2) is 0 Å². The number of nitrogens with two attached hydrogens (primary N) is 1. The second-order valence-corrected chi connectivity index (χ2v) is 4.44. The molecule has 0 unspecified atom stereocenters. The van der Waals surface area contributed by atoms with Gasteiger partial charge in [-0.2, -0.15) is 0 Å². The Hall–Kier alpha value is -1.40. The monoisotopic (exact) mass is 211 g/mol. The van der Waals surface area contributed by atoms with Crippen LogP contribution in [0.25, 0.3) is 0 Å². The molecule has 74 valence electrons. The number of hydrogen-bond donors (Lipinski definition) is 2. The van der Waals surface area contributed by atoms with Gasteiger partial charge in [-0.3, -0.25) is 4.99 Å². The summed E-state index contributed by atoms with van der Waals surface area (Å²) in [5.41, 5.74) is 1.27. The maximum Gasteiger partial charge on any atom is 0.240 e. The first kappa shape index (κ1) is 9.17. The molecule has 6 heteroatoms. The lowest BCUT2D eigenvalue weighted by Gasteiger charge is -2.15. The lowest BCUT2D eigenvalue weighted by Crippen LogP contribution is -2.18. The van der Waals surface area contributed by atoms with Gasteiger partial charge in [0, 0.05) is 11.8 Å². The largest absolute Gasteiger partial charge is 0.365 e. The van der Waals surface area contributed by atoms with E-state index >= 15 is 0 Å². The third kappa shape index (κ3) is 1.49. The number of nitrogens with one attached hydrogen (secondary N) is 1. The van der Waals surface area contributed by atoms with E-state index < -0.39 is 10.0 Å². The zero-order valence-corrected chi connectivity index (χ0v) is 8.08. The fourth-order valence-electron chi connectivity index (χ4n) is 1.35. The van der Waals surface area contributed by atoms with Crippen LogP contribution in [-0.2, 0) is 10.0 Å². The Labute approximate surface area is 81.7 Å². The van der Waals surface area contributed by atoms with Crippen molar-refractivity contribution in [1.82, 2.24) is 0 Å². The number of primary sulfonamides is 1. The summed E-state index contributed by atoms with van der Waals surface area (Å²) >= 11 is 0. The molecule has 14 heavy (non-hydrogen) atoms. The summed E-state index contributed by atoms with van der Waals surface area (Å²) in [6.45, 7) is 0.375. The van der Waals surface area contributed by atoms with E-state index in [2.05, 4.69) is 10.3 Å². The van der Waals surface area contributed by atoms with Crippen molar-refractivity contribution in [3.05, 3.63) is 23.8 Å². The molecule has 1 aliphatic heterocycles. The van der Waals surface area contributed by atoms with Crippen LogP contribution >= 0.6 is 0 Å². The van der Waals surface area contributed by atoms with Crippen molar-refractivity contribution in [2.45, 2.75) is 4.90 Å². The Morgan fingerprint density at radius 2 is 2.21 bits per heavy atom. The molecule has 1 heterocycles. The van der Waals surface area contributed by atoms with E-state index in [1.165, 1.54) is 6.07 Å². The number of nitrogens with zero attached hydrogens (tertiary/aromatic N) is 1. The topological polar surface area (TPSA) is 84.5 Å². The van der Waals surface area contributed by atoms with Gasteiger partial charge in [0.1, 0.15) is 11.6 Å². The molecule has 2 rings (SSSR count). The second kappa shape index (κ2) is 3.07. The summed E-state index contributed by atoms with van der Waals surface area (Å²) in [6, 6.07) is 4.89. The summed E-state index contributed by atoms with van der Waals surface area (Å²) in [7, 11) is -3.67. The Bertz CT molecular complexity index is 493. The zero-order chi connectivity index (χ0) is 10.2. The Morgan fingerprint density at radius 3 is 2.93 bits per heavy atom. The molecule has 0 saturated heterocycles. The molecule has 0 radical (unpaired) electrons. The molecule has 0 spiro atoms. The van der Waals surface area contributed by atoms with Gasteiger partial charge in [0.2, 0.25) is 10.0 Å². The van der Waals surface area contributed by atoms with Gasteiger partial charge in [-0.15, -0.1) is 0 Å². The first-order chi connectivity index (χ1) is 6.59. The molecule has 0 amide bonds. The van der Waals surface area contributed by atoms with Crippen LogP contribution in [0.3, 0.4) is 0 Å². The molecule has 5 nitrogen and oxygen atoms in total. The maximum atomic E-state index is 11.2. The van der Waals surface area contributed by atoms with Crippen LogP contribution in [-0.4, -0.2) is 21.3 Å². The van der Waals surface area contributed by atoms with E-state index in [0.29, 0.717) is 12.4 Å². The van der Waals surface area contributed by atoms with Crippen molar-refractivity contribution in [3.8, 4) is 0 Å². The minimum atomic E-state index is -3.67. The minimum Gasteiger partial charge on any atom is -0.365 e. The number of hydrogen-bond acceptors (Lipinski definition) is 4. The molecule has 0 atom stereocenters. The van der Waals surface area contributed by atoms with Crippen LogP contribution in [0.2, 0.25) is 0 Å². The Kier molecular flexibility index (Phi) is 2.01. The summed E-state index contributed by atoms with van der Waals surface area (Å²) in [5, 5.41) is 7.95. The predicted octanol–water partition coefficient (Wildman–Crippen LogP) is 0.136. The summed E-state index contributed by atoms with van der Waals surface area (Å²) in [4.78, 5) is 4.08. The van der Waals surface area contributed by atoms with Crippen molar-refractivity contribution in [2.24, 2.45) is 10.1 Å². The molecule has 0 fully saturated rings. The Balaban J connectivity index is 2.69. The van der Waals surface area contributed by atoms with Crippen molar-refractivity contribution < 1.29 is 8.42 Å². The average Bonchev–Trinajstić information content (AvgIpc) is 2.15. The smallest absolute Gasteiger partial charge is 0.240 e. The van der Waals surface area contributed by atoms with E-state index in [-0.39, 0.29) is 4.90 Å². The standard InChI is InChI=1S/C8H9N3O2S/c9-14(12,13)7-3-1-2-6-4-10-5-11-8(6)7/h1-4,11H,5H2,(H2,9,12,13). The normalized spacial score (nSPS) is 14.6. The number of anilines is 1. The van der Waals surface area contributed by atoms with E-state index in [9.17, 15) is 8.42 Å². The highest BCUT2D eigenvalue weighted by Gasteiger charge is 2.17. The van der Waals surface area contributed by atoms with Crippen LogP contribution in [0.5, 0.6) is 0 Å². The van der Waals surface area contributed by atoms with Gasteiger partial charge >= 0.3 is 0 Å². The SMILES string of the molecule is NS(=O)(=O)c1cccc2c1NCN=C2. The lowest BCUT2D eigenvalue weighted by atomic mass is 10.2. The summed E-state index contributed by atoms with van der Waals surface area (Å²) in [5.74, 6) is 0. The Morgan fingerprint density at radius 1 is 1.43 bits per heavy atom. The fraction of sp³-hybridized carbons (Fsp3) is 0.125. The van der Waals surface area contributed by atoms with Gasteiger partial charge in [-0.25, -0.2) is 13.6 Å². The molecular weight excluding hydrogens is 202 g/mol. The minimum absolute atomic E-state index is 0.112. The molecule has 0 saturated carbocycles. The predicted molar refractivity (Wildman–Crippen MR) is 53.9 cm³/mol. The van der Waals surface area contributed by atoms with E-state index in [4.69, 9.17) is 5.14 Å². The number of para-hydroxylation sites is 1. The van der Waals surface area contributed by atoms with E-state index in [1.807, 2.05) is 0 Å². The molecule has 0 bridgehead atoms. The van der Waals surface area contributed by atoms with Crippen LogP contribution < -0.4 is 10.5 Å². The van der Waals surface area contributed by atoms with Crippen LogP contribution in [0.15, 0.2) is 28.1 Å². The highest BCUT2D eigenvalue weighted by Crippen LogP contribution is 2.24. The maximum absolute atomic E-state index is 11.2. The fourth-order valence-corrected chi connectivity index (χ4v) is 2.09. The molecule has 1 aromatic carbocycles. The molecule has 1 aliphatic rings. The van der Waals surface area contributed by atoms with Crippen molar-refractivity contribution in [1.29, 1.82) is 0 Å². The number of aliphatic imine (C=N–C) groups is 1. The third-order valence-corrected chi connectivity index (χ3v) is 2.90. The van der Waals surface area contributed by atoms with Crippen LogP contribution in [0.4, 0.5) is 5.69 Å². The van der Waals surface area contributed by atoms with Gasteiger partial charge in [0.05, 0.1) is 5.69 Å². The number of rotatable bonds is 1. The van der Waals surface area contributed by atoms with Crippen LogP contribution in [0.1, 0.15) is 5.56 Å². The first-order valence-electron chi connectivity index (χ1n) is 3.98. The molecule has 0 aromatic heterocycles. The number of benzene rings is 1. The molecule has 1 aromatic rings. The number of fused-ring (bicyclic) bond motifs is 1. The van der Waals surface area contributed by atoms with Gasteiger partial charge in [-0.1, -0.05) is 12.1 Å².